The molecule has 5 bridgehead atoms. The normalized spacial score (nSPS) is 30.4. The van der Waals surface area contributed by atoms with E-state index in [0.29, 0.717) is 5.56 Å². The van der Waals surface area contributed by atoms with Crippen LogP contribution in [0, 0.1) is 43.3 Å². The van der Waals surface area contributed by atoms with Crippen molar-refractivity contribution in [3.05, 3.63) is 93.7 Å². The molecule has 6 rings (SSSR count). The molecule has 15 nitrogen and oxygen atoms in total. The molecule has 1 amide bonds. The number of rotatable bonds is 2. The molecule has 0 saturated carbocycles. The number of allylic oxidation sites excluding steroid dienone is 4. The maximum atomic E-state index is 13.9. The van der Waals surface area contributed by atoms with Crippen LogP contribution >= 0.6 is 0 Å². The van der Waals surface area contributed by atoms with Crippen LogP contribution in [0.3, 0.4) is 0 Å². The number of benzene rings is 2. The van der Waals surface area contributed by atoms with Crippen molar-refractivity contribution in [3.63, 3.8) is 0 Å². The molecule has 60 heavy (non-hydrogen) atoms. The van der Waals surface area contributed by atoms with E-state index in [-0.39, 0.29) is 39.5 Å². The van der Waals surface area contributed by atoms with Crippen LogP contribution in [0.15, 0.2) is 60.0 Å². The zero-order valence-electron chi connectivity index (χ0n) is 35.0. The number of aliphatic hydroxyl groups is 2. The molecule has 0 radical (unpaired) electrons. The molecule has 2 aromatic rings. The fourth-order valence-corrected chi connectivity index (χ4v) is 7.27. The minimum Gasteiger partial charge on any atom is -0.507 e. The van der Waals surface area contributed by atoms with E-state index in [1.165, 1.54) is 53.9 Å². The molecular formula is C44H52FNO14. The lowest BCUT2D eigenvalue weighted by molar-refractivity contribution is -0.160. The van der Waals surface area contributed by atoms with Crippen LogP contribution in [-0.2, 0) is 23.8 Å². The highest BCUT2D eigenvalue weighted by Gasteiger charge is 2.51. The van der Waals surface area contributed by atoms with Gasteiger partial charge in [-0.1, -0.05) is 45.9 Å². The van der Waals surface area contributed by atoms with Gasteiger partial charge in [-0.15, -0.1) is 0 Å². The van der Waals surface area contributed by atoms with Crippen molar-refractivity contribution < 1.29 is 72.8 Å². The zero-order valence-corrected chi connectivity index (χ0v) is 35.0. The number of carbonyl (C=O) groups is 5. The molecule has 0 unspecified atom stereocenters. The first kappa shape index (κ1) is 46.8. The van der Waals surface area contributed by atoms with Crippen LogP contribution in [0.4, 0.5) is 4.39 Å². The lowest BCUT2D eigenvalue weighted by Gasteiger charge is -2.38. The van der Waals surface area contributed by atoms with Gasteiger partial charge in [0.1, 0.15) is 34.9 Å². The Labute approximate surface area is 346 Å². The predicted molar refractivity (Wildman–Crippen MR) is 214 cm³/mol. The van der Waals surface area contributed by atoms with E-state index in [1.54, 1.807) is 39.8 Å². The van der Waals surface area contributed by atoms with E-state index in [2.05, 4.69) is 5.32 Å². The summed E-state index contributed by atoms with van der Waals surface area (Å²) < 4.78 is 35.4. The molecule has 16 heteroatoms. The summed E-state index contributed by atoms with van der Waals surface area (Å²) in [6.07, 6.45) is 4.31. The number of hydrogen-bond acceptors (Lipinski definition) is 14. The van der Waals surface area contributed by atoms with Gasteiger partial charge in [0.05, 0.1) is 47.0 Å². The smallest absolute Gasteiger partial charge is 0.312 e. The highest BCUT2D eigenvalue weighted by molar-refractivity contribution is 6.30. The molecule has 4 aliphatic rings. The van der Waals surface area contributed by atoms with Crippen molar-refractivity contribution >= 4 is 29.2 Å². The summed E-state index contributed by atoms with van der Waals surface area (Å²) in [4.78, 5) is 66.2. The number of phenols is 3. The Morgan fingerprint density at radius 1 is 0.867 bits per heavy atom. The van der Waals surface area contributed by atoms with Crippen molar-refractivity contribution in [2.75, 3.05) is 7.11 Å². The molecule has 1 aliphatic carbocycles. The molecular weight excluding hydrogens is 785 g/mol. The summed E-state index contributed by atoms with van der Waals surface area (Å²) in [5.41, 5.74) is -1.02. The van der Waals surface area contributed by atoms with Crippen molar-refractivity contribution in [3.8, 4) is 23.0 Å². The number of aliphatic hydroxyl groups excluding tert-OH is 2. The Balaban J connectivity index is 0.000000693. The van der Waals surface area contributed by atoms with Gasteiger partial charge < -0.3 is 49.8 Å². The van der Waals surface area contributed by atoms with Gasteiger partial charge in [0.2, 0.25) is 5.78 Å². The summed E-state index contributed by atoms with van der Waals surface area (Å²) in [5.74, 6) is -10.1. The maximum Gasteiger partial charge on any atom is 0.312 e. The van der Waals surface area contributed by atoms with Crippen molar-refractivity contribution in [2.24, 2.45) is 23.7 Å². The number of methoxy groups -OCH3 is 1. The fourth-order valence-electron chi connectivity index (χ4n) is 7.27. The van der Waals surface area contributed by atoms with Crippen LogP contribution in [0.2, 0.25) is 0 Å². The van der Waals surface area contributed by atoms with Crippen LogP contribution in [0.1, 0.15) is 90.7 Å². The molecule has 9 atom stereocenters. The third kappa shape index (κ3) is 9.46. The summed E-state index contributed by atoms with van der Waals surface area (Å²) in [6.45, 7) is 13.8. The lowest BCUT2D eigenvalue weighted by Crippen LogP contribution is -2.46. The first-order valence-electron chi connectivity index (χ1n) is 19.2. The number of ketones is 3. The van der Waals surface area contributed by atoms with E-state index < -0.39 is 106 Å². The monoisotopic (exact) mass is 837 g/mol. The number of halogens is 1. The number of esters is 1. The first-order chi connectivity index (χ1) is 28.0. The van der Waals surface area contributed by atoms with E-state index in [0.717, 1.165) is 24.5 Å². The number of phenolic OH excluding ortho intramolecular Hbond substituents is 3. The van der Waals surface area contributed by atoms with Gasteiger partial charge in [-0.05, 0) is 26.8 Å². The van der Waals surface area contributed by atoms with E-state index >= 15 is 0 Å². The molecule has 6 N–H and O–H groups in total. The number of ether oxygens (including phenoxy) is 4. The van der Waals surface area contributed by atoms with Crippen molar-refractivity contribution in [1.82, 2.24) is 5.32 Å². The molecule has 2 aromatic carbocycles. The second kappa shape index (κ2) is 18.6. The number of nitrogens with one attached hydrogen (secondary N) is 1. The quantitative estimate of drug-likeness (QED) is 0.214. The number of fused-ring (bicyclic) bond motifs is 14. The number of amides is 1. The highest BCUT2D eigenvalue weighted by atomic mass is 19.1. The van der Waals surface area contributed by atoms with Crippen LogP contribution in [0.25, 0.3) is 0 Å². The van der Waals surface area contributed by atoms with Crippen LogP contribution in [-0.4, -0.2) is 92.1 Å². The molecule has 0 spiro atoms. The average Bonchev–Trinajstić information content (AvgIpc) is 3.45. The minimum atomic E-state index is -2.03. The summed E-state index contributed by atoms with van der Waals surface area (Å²) in [5, 5.41) is 53.8. The van der Waals surface area contributed by atoms with E-state index in [9.17, 15) is 43.7 Å². The number of Topliss-reactive ketones (excluding diaryl/α,β-unsaturated/α-hetero) is 2. The van der Waals surface area contributed by atoms with Gasteiger partial charge in [0.25, 0.3) is 11.7 Å². The van der Waals surface area contributed by atoms with Gasteiger partial charge in [0, 0.05) is 79.5 Å². The van der Waals surface area contributed by atoms with Gasteiger partial charge in [-0.2, -0.15) is 0 Å². The summed E-state index contributed by atoms with van der Waals surface area (Å²) in [7, 11) is 1.42. The molecule has 3 aliphatic heterocycles. The SMILES string of the molecule is CO[C@H]1/C=C/O[C@@]2(C)Oc3c(C)c(O)c4c(c3C2=O)C(=O)C=C(NC(=O)/C(C)=C\C=C\[C@H](C)[C@H](O)[C@@H](C)[C@@H](O)[C@@H](C)[C@H](OC(C)=O)[C@@H]1C)C4=O.Cc1c(O)cc(F)cc1O. The average molecular weight is 838 g/mol. The Morgan fingerprint density at radius 2 is 1.48 bits per heavy atom. The Bertz CT molecular complexity index is 2170. The molecule has 324 valence electrons. The van der Waals surface area contributed by atoms with Gasteiger partial charge in [-0.3, -0.25) is 24.0 Å². The third-order valence-electron chi connectivity index (χ3n) is 11.1. The molecule has 0 fully saturated rings. The topological polar surface area (TPSA) is 235 Å². The van der Waals surface area contributed by atoms with Crippen molar-refractivity contribution in [2.45, 2.75) is 92.5 Å². The Hall–Kier alpha value is -5.84. The number of aromatic hydroxyl groups is 3. The largest absolute Gasteiger partial charge is 0.507 e. The zero-order chi connectivity index (χ0) is 45.1. The fraction of sp³-hybridized carbons (Fsp3) is 0.432. The Morgan fingerprint density at radius 3 is 2.07 bits per heavy atom. The van der Waals surface area contributed by atoms with Gasteiger partial charge >= 0.3 is 11.8 Å². The van der Waals surface area contributed by atoms with Crippen LogP contribution in [0.5, 0.6) is 23.0 Å². The summed E-state index contributed by atoms with van der Waals surface area (Å²) >= 11 is 0. The molecule has 3 heterocycles. The van der Waals surface area contributed by atoms with Crippen molar-refractivity contribution in [1.29, 1.82) is 0 Å². The maximum absolute atomic E-state index is 13.9. The highest BCUT2D eigenvalue weighted by Crippen LogP contribution is 2.48. The van der Waals surface area contributed by atoms with Gasteiger partial charge in [-0.25, -0.2) is 4.39 Å². The van der Waals surface area contributed by atoms with Crippen LogP contribution < -0.4 is 10.1 Å². The predicted octanol–water partition coefficient (Wildman–Crippen LogP) is 5.18. The summed E-state index contributed by atoms with van der Waals surface area (Å²) in [6, 6.07) is 1.91. The van der Waals surface area contributed by atoms with Gasteiger partial charge in [0.15, 0.2) is 5.78 Å². The number of hydrogen-bond donors (Lipinski definition) is 6. The first-order valence-corrected chi connectivity index (χ1v) is 19.2. The standard InChI is InChI=1S/C37H45NO12.C7H7FO2/c1-16-11-10-12-17(2)36(46)38-23-15-24(40)26-27(32(23)44)31(43)21(6)34-28(26)35(45)37(8,50-34)48-14-13-25(47-9)18(3)33(49-22(7)39)20(5)30(42)19(4)29(16)41;1-4-6(9)2-5(8)3-7(4)10/h10-16,18-20,25,29-30,33,41-43H,1-9H3,(H,38,46);2-3,9-10H,1H3/b11-10+,14-13+,17-12-;/t16-,18+,19+,20+,25-,29-,30+,33+,37-;/m0./s1. The lowest BCUT2D eigenvalue weighted by atomic mass is 9.78. The second-order valence-electron chi connectivity index (χ2n) is 15.5. The Kier molecular flexibility index (Phi) is 14.5. The third-order valence-corrected chi connectivity index (χ3v) is 11.1. The van der Waals surface area contributed by atoms with E-state index in [4.69, 9.17) is 29.2 Å². The minimum absolute atomic E-state index is 0.00885. The number of carbonyl (C=O) groups excluding carboxylic acids is 5. The molecule has 0 saturated heterocycles. The molecule has 0 aromatic heterocycles. The second-order valence-corrected chi connectivity index (χ2v) is 15.5. The van der Waals surface area contributed by atoms with E-state index in [1.807, 2.05) is 0 Å².